The molecule has 0 spiro atoms. The average molecular weight is 484 g/mol. The number of amides is 2. The van der Waals surface area contributed by atoms with E-state index in [0.29, 0.717) is 12.8 Å². The minimum atomic E-state index is -0.144. The van der Waals surface area contributed by atoms with Crippen molar-refractivity contribution in [3.05, 3.63) is 54.2 Å². The van der Waals surface area contributed by atoms with E-state index in [1.54, 1.807) is 0 Å². The second-order valence-corrected chi connectivity index (χ2v) is 6.24. The normalized spacial score (nSPS) is 12.6. The van der Waals surface area contributed by atoms with Crippen molar-refractivity contribution in [1.82, 2.24) is 8.91 Å². The second-order valence-electron chi connectivity index (χ2n) is 4.74. The maximum atomic E-state index is 10.4. The molecule has 3 rings (SSSR count). The van der Waals surface area contributed by atoms with Crippen LogP contribution >= 0.6 is 44.9 Å². The third-order valence-electron chi connectivity index (χ3n) is 3.04. The Morgan fingerprint density at radius 3 is 2.04 bits per heavy atom. The molecule has 1 aromatic heterocycles. The number of rotatable bonds is 2. The molecular formula is C16H15BBr2N3O2S. The van der Waals surface area contributed by atoms with Gasteiger partial charge in [-0.3, -0.25) is 14.6 Å². The van der Waals surface area contributed by atoms with Gasteiger partial charge in [0.25, 0.3) is 0 Å². The average Bonchev–Trinajstić information content (AvgIpc) is 2.95. The molecule has 2 aromatic rings. The van der Waals surface area contributed by atoms with Crippen molar-refractivity contribution in [1.29, 1.82) is 0 Å². The van der Waals surface area contributed by atoms with Crippen LogP contribution in [0.1, 0.15) is 18.4 Å². The molecule has 2 heterocycles. The van der Waals surface area contributed by atoms with Gasteiger partial charge in [0.1, 0.15) is 0 Å². The molecule has 0 N–H and O–H groups in total. The Kier molecular flexibility index (Phi) is 10.5. The zero-order valence-electron chi connectivity index (χ0n) is 13.2. The minimum absolute atomic E-state index is 0.144. The summed E-state index contributed by atoms with van der Waals surface area (Å²) < 4.78 is 3.67. The van der Waals surface area contributed by atoms with Crippen LogP contribution in [0, 0.1) is 0 Å². The number of thiol groups is 1. The number of aromatic nitrogens is 1. The molecule has 1 aromatic carbocycles. The summed E-state index contributed by atoms with van der Waals surface area (Å²) in [6.45, 7) is 0. The molecule has 0 saturated carbocycles. The van der Waals surface area contributed by atoms with Gasteiger partial charge in [-0.1, -0.05) is 52.3 Å². The number of halogens is 2. The first-order valence-electron chi connectivity index (χ1n) is 7.15. The van der Waals surface area contributed by atoms with Gasteiger partial charge in [-0.15, -0.1) is 0 Å². The summed E-state index contributed by atoms with van der Waals surface area (Å²) in [7, 11) is 4.34. The van der Waals surface area contributed by atoms with E-state index in [9.17, 15) is 9.59 Å². The number of benzene rings is 1. The SMILES string of the molecule is BrCc1ccc(-c2ccccc2)nc1.O=C1CCC(=O)N1Br.[B]=NS. The molecule has 1 aliphatic heterocycles. The second kappa shape index (κ2) is 12.1. The van der Waals surface area contributed by atoms with Crippen molar-refractivity contribution in [3.63, 3.8) is 0 Å². The summed E-state index contributed by atoms with van der Waals surface area (Å²) in [6.07, 6.45) is 2.60. The molecule has 9 heteroatoms. The third kappa shape index (κ3) is 7.62. The fourth-order valence-corrected chi connectivity index (χ4v) is 2.52. The number of carbonyl (C=O) groups excluding carboxylic acids is 2. The molecule has 1 radical (unpaired) electrons. The Morgan fingerprint density at radius 2 is 1.68 bits per heavy atom. The van der Waals surface area contributed by atoms with E-state index in [4.69, 9.17) is 0 Å². The molecule has 1 saturated heterocycles. The number of carbonyl (C=O) groups is 2. The van der Waals surface area contributed by atoms with Gasteiger partial charge in [0.2, 0.25) is 11.8 Å². The molecular weight excluding hydrogens is 469 g/mol. The van der Waals surface area contributed by atoms with Crippen molar-refractivity contribution in [2.75, 3.05) is 0 Å². The van der Waals surface area contributed by atoms with Crippen LogP contribution in [0.5, 0.6) is 0 Å². The summed E-state index contributed by atoms with van der Waals surface area (Å²) in [4.78, 5) is 25.3. The number of alkyl halides is 1. The van der Waals surface area contributed by atoms with Crippen molar-refractivity contribution >= 4 is 64.3 Å². The van der Waals surface area contributed by atoms with Crippen LogP contribution < -0.4 is 0 Å². The zero-order chi connectivity index (χ0) is 18.7. The van der Waals surface area contributed by atoms with Gasteiger partial charge in [0, 0.05) is 29.9 Å². The van der Waals surface area contributed by atoms with Gasteiger partial charge in [-0.25, -0.2) is 3.93 Å². The van der Waals surface area contributed by atoms with Gasteiger partial charge >= 0.3 is 24.8 Å². The van der Waals surface area contributed by atoms with Gasteiger partial charge in [-0.05, 0) is 11.6 Å². The Balaban J connectivity index is 0.000000241. The molecule has 1 aliphatic rings. The van der Waals surface area contributed by atoms with Gasteiger partial charge in [0.15, 0.2) is 0 Å². The topological polar surface area (TPSA) is 62.6 Å². The first-order chi connectivity index (χ1) is 12.0. The first kappa shape index (κ1) is 21.7. The Labute approximate surface area is 170 Å². The number of hydrogen-bond donors (Lipinski definition) is 1. The van der Waals surface area contributed by atoms with Crippen molar-refractivity contribution in [2.24, 2.45) is 4.30 Å². The van der Waals surface area contributed by atoms with Crippen LogP contribution in [0.25, 0.3) is 11.3 Å². The van der Waals surface area contributed by atoms with E-state index in [1.165, 1.54) is 5.56 Å². The standard InChI is InChI=1S/C12H10BrN.C4H4BrNO2.BHNS/c13-8-10-6-7-12(14-9-10)11-4-2-1-3-5-11;5-6-3(7)1-2-4(6)8;1-2-3/h1-7,9H,8H2;1-2H2;3H. The predicted molar refractivity (Wildman–Crippen MR) is 109 cm³/mol. The van der Waals surface area contributed by atoms with E-state index in [2.05, 4.69) is 80.0 Å². The molecule has 0 unspecified atom stereocenters. The number of nitrogens with zero attached hydrogens (tertiary/aromatic N) is 3. The summed E-state index contributed by atoms with van der Waals surface area (Å²) >= 11 is 9.39. The summed E-state index contributed by atoms with van der Waals surface area (Å²) in [5.74, 6) is -0.287. The van der Waals surface area contributed by atoms with E-state index in [0.717, 1.165) is 20.5 Å². The van der Waals surface area contributed by atoms with E-state index in [-0.39, 0.29) is 11.8 Å². The molecule has 2 amide bonds. The van der Waals surface area contributed by atoms with E-state index >= 15 is 0 Å². The first-order valence-corrected chi connectivity index (χ1v) is 9.38. The monoisotopic (exact) mass is 482 g/mol. The van der Waals surface area contributed by atoms with E-state index in [1.807, 2.05) is 30.5 Å². The molecule has 0 aliphatic carbocycles. The van der Waals surface area contributed by atoms with Crippen LogP contribution in [0.2, 0.25) is 0 Å². The summed E-state index contributed by atoms with van der Waals surface area (Å²) in [5.41, 5.74) is 3.38. The van der Waals surface area contributed by atoms with Gasteiger partial charge in [-0.2, -0.15) is 0 Å². The van der Waals surface area contributed by atoms with Crippen LogP contribution in [0.4, 0.5) is 0 Å². The van der Waals surface area contributed by atoms with Crippen LogP contribution in [0.15, 0.2) is 53.0 Å². The molecule has 1 fully saturated rings. The van der Waals surface area contributed by atoms with Crippen molar-refractivity contribution < 1.29 is 9.59 Å². The Hall–Kier alpha value is -1.32. The number of imide groups is 1. The number of pyridine rings is 1. The summed E-state index contributed by atoms with van der Waals surface area (Å²) in [6, 6.07) is 14.3. The van der Waals surface area contributed by atoms with Crippen molar-refractivity contribution in [2.45, 2.75) is 18.2 Å². The molecule has 0 atom stereocenters. The fraction of sp³-hybridized carbons (Fsp3) is 0.188. The van der Waals surface area contributed by atoms with Gasteiger partial charge < -0.3 is 0 Å². The predicted octanol–water partition coefficient (Wildman–Crippen LogP) is 4.27. The summed E-state index contributed by atoms with van der Waals surface area (Å²) in [5, 5.41) is 0.856. The van der Waals surface area contributed by atoms with Crippen LogP contribution in [-0.4, -0.2) is 28.4 Å². The maximum absolute atomic E-state index is 10.4. The Bertz CT molecular complexity index is 686. The van der Waals surface area contributed by atoms with Crippen molar-refractivity contribution in [3.8, 4) is 11.3 Å². The van der Waals surface area contributed by atoms with Gasteiger partial charge in [0.05, 0.1) is 21.8 Å². The van der Waals surface area contributed by atoms with Crippen LogP contribution in [0.3, 0.4) is 0 Å². The molecule has 25 heavy (non-hydrogen) atoms. The molecule has 0 bridgehead atoms. The molecule has 5 nitrogen and oxygen atoms in total. The fourth-order valence-electron chi connectivity index (χ4n) is 1.83. The van der Waals surface area contributed by atoms with E-state index < -0.39 is 0 Å². The zero-order valence-corrected chi connectivity index (χ0v) is 17.2. The molecule has 129 valence electrons. The third-order valence-corrected chi connectivity index (χ3v) is 4.48. The quantitative estimate of drug-likeness (QED) is 0.228. The van der Waals surface area contributed by atoms with Crippen LogP contribution in [-0.2, 0) is 14.9 Å². The Morgan fingerprint density at radius 1 is 1.12 bits per heavy atom. The number of hydrogen-bond acceptors (Lipinski definition) is 5.